The van der Waals surface area contributed by atoms with Crippen molar-refractivity contribution in [3.05, 3.63) is 16.1 Å². The number of aromatic nitrogens is 1. The van der Waals surface area contributed by atoms with E-state index >= 15 is 0 Å². The minimum absolute atomic E-state index is 0.145. The highest BCUT2D eigenvalue weighted by atomic mass is 32.1. The molecular formula is C13H22N2O2S. The monoisotopic (exact) mass is 270 g/mol. The molecule has 1 heterocycles. The van der Waals surface area contributed by atoms with Crippen molar-refractivity contribution < 1.29 is 9.53 Å². The highest BCUT2D eigenvalue weighted by Gasteiger charge is 2.17. The third-order valence-corrected chi connectivity index (χ3v) is 3.41. The fourth-order valence-corrected chi connectivity index (χ4v) is 2.38. The molecular weight excluding hydrogens is 248 g/mol. The Labute approximate surface area is 113 Å². The summed E-state index contributed by atoms with van der Waals surface area (Å²) in [6, 6.07) is -0.185. The summed E-state index contributed by atoms with van der Waals surface area (Å²) >= 11 is 1.66. The van der Waals surface area contributed by atoms with Crippen molar-refractivity contribution in [2.24, 2.45) is 0 Å². The van der Waals surface area contributed by atoms with E-state index in [1.807, 2.05) is 13.8 Å². The topological polar surface area (TPSA) is 51.2 Å². The average Bonchev–Trinajstić information content (AvgIpc) is 2.74. The molecule has 0 bridgehead atoms. The number of carbonyl (C=O) groups is 1. The maximum absolute atomic E-state index is 11.7. The van der Waals surface area contributed by atoms with Crippen LogP contribution in [-0.4, -0.2) is 30.1 Å². The molecule has 1 unspecified atom stereocenters. The normalized spacial score (nSPS) is 12.4. The van der Waals surface area contributed by atoms with E-state index in [4.69, 9.17) is 4.74 Å². The van der Waals surface area contributed by atoms with E-state index in [2.05, 4.69) is 22.6 Å². The molecule has 1 N–H and O–H groups in total. The van der Waals surface area contributed by atoms with Crippen molar-refractivity contribution in [3.8, 4) is 0 Å². The highest BCUT2D eigenvalue weighted by Crippen LogP contribution is 2.08. The van der Waals surface area contributed by atoms with Gasteiger partial charge in [-0.1, -0.05) is 13.3 Å². The molecule has 4 nitrogen and oxygen atoms in total. The lowest BCUT2D eigenvalue weighted by molar-refractivity contribution is -0.145. The molecule has 0 aliphatic heterocycles. The lowest BCUT2D eigenvalue weighted by Gasteiger charge is -2.16. The zero-order valence-corrected chi connectivity index (χ0v) is 12.2. The molecule has 0 saturated heterocycles. The first-order valence-electron chi connectivity index (χ1n) is 6.48. The maximum atomic E-state index is 11.7. The Balaban J connectivity index is 2.35. The Morgan fingerprint density at radius 3 is 2.89 bits per heavy atom. The highest BCUT2D eigenvalue weighted by molar-refractivity contribution is 7.09. The van der Waals surface area contributed by atoms with Gasteiger partial charge in [-0.15, -0.1) is 11.3 Å². The molecule has 0 fully saturated rings. The number of nitrogens with zero attached hydrogens (tertiary/aromatic N) is 1. The first kappa shape index (κ1) is 15.1. The molecule has 0 radical (unpaired) electrons. The van der Waals surface area contributed by atoms with E-state index in [9.17, 15) is 4.79 Å². The third kappa shape index (κ3) is 5.14. The first-order chi connectivity index (χ1) is 8.67. The summed E-state index contributed by atoms with van der Waals surface area (Å²) in [7, 11) is 0. The van der Waals surface area contributed by atoms with Crippen LogP contribution >= 0.6 is 11.3 Å². The molecule has 0 aliphatic rings. The van der Waals surface area contributed by atoms with Crippen LogP contribution in [0.5, 0.6) is 0 Å². The second-order valence-corrected chi connectivity index (χ2v) is 5.22. The van der Waals surface area contributed by atoms with Crippen LogP contribution in [0.15, 0.2) is 5.38 Å². The number of thiazole rings is 1. The first-order valence-corrected chi connectivity index (χ1v) is 7.36. The van der Waals surface area contributed by atoms with E-state index in [0.29, 0.717) is 6.61 Å². The van der Waals surface area contributed by atoms with Gasteiger partial charge >= 0.3 is 5.97 Å². The largest absolute Gasteiger partial charge is 0.465 e. The van der Waals surface area contributed by atoms with Crippen molar-refractivity contribution in [2.75, 3.05) is 13.2 Å². The van der Waals surface area contributed by atoms with E-state index in [-0.39, 0.29) is 12.0 Å². The van der Waals surface area contributed by atoms with Crippen LogP contribution in [-0.2, 0) is 16.0 Å². The van der Waals surface area contributed by atoms with Crippen molar-refractivity contribution in [1.29, 1.82) is 0 Å². The molecule has 5 heteroatoms. The number of esters is 1. The summed E-state index contributed by atoms with van der Waals surface area (Å²) in [5.74, 6) is -0.145. The van der Waals surface area contributed by atoms with Gasteiger partial charge in [0.15, 0.2) is 0 Å². The molecule has 1 aromatic heterocycles. The molecule has 1 atom stereocenters. The van der Waals surface area contributed by atoms with Crippen LogP contribution in [0.4, 0.5) is 0 Å². The van der Waals surface area contributed by atoms with Gasteiger partial charge in [-0.2, -0.15) is 0 Å². The van der Waals surface area contributed by atoms with Crippen molar-refractivity contribution in [2.45, 2.75) is 46.1 Å². The number of ether oxygens (including phenoxy) is 1. The predicted molar refractivity (Wildman–Crippen MR) is 73.9 cm³/mol. The average molecular weight is 270 g/mol. The summed E-state index contributed by atoms with van der Waals surface area (Å²) in [5, 5.41) is 6.40. The third-order valence-electron chi connectivity index (χ3n) is 2.59. The standard InChI is InChI=1S/C13H22N2O2S/c1-4-6-12(13(16)17-5-2)14-8-7-11-9-18-10(3)15-11/h9,12,14H,4-8H2,1-3H3. The van der Waals surface area contributed by atoms with Gasteiger partial charge in [0, 0.05) is 18.3 Å². The quantitative estimate of drug-likeness (QED) is 0.737. The molecule has 1 aromatic rings. The molecule has 18 heavy (non-hydrogen) atoms. The Hall–Kier alpha value is -0.940. The van der Waals surface area contributed by atoms with Gasteiger partial charge < -0.3 is 10.1 Å². The molecule has 0 spiro atoms. The van der Waals surface area contributed by atoms with E-state index < -0.39 is 0 Å². The Bertz CT molecular complexity index is 366. The fraction of sp³-hybridized carbons (Fsp3) is 0.692. The number of aryl methyl sites for hydroxylation is 1. The number of nitrogens with one attached hydrogen (secondary N) is 1. The number of rotatable bonds is 8. The molecule has 1 rings (SSSR count). The Kier molecular flexibility index (Phi) is 6.90. The minimum atomic E-state index is -0.185. The number of carbonyl (C=O) groups excluding carboxylic acids is 1. The maximum Gasteiger partial charge on any atom is 0.323 e. The van der Waals surface area contributed by atoms with E-state index in [0.717, 1.165) is 36.5 Å². The second-order valence-electron chi connectivity index (χ2n) is 4.16. The summed E-state index contributed by atoms with van der Waals surface area (Å²) in [4.78, 5) is 16.1. The van der Waals surface area contributed by atoms with Crippen LogP contribution < -0.4 is 5.32 Å². The van der Waals surface area contributed by atoms with Gasteiger partial charge in [-0.25, -0.2) is 4.98 Å². The van der Waals surface area contributed by atoms with Crippen LogP contribution in [0.2, 0.25) is 0 Å². The molecule has 102 valence electrons. The van der Waals surface area contributed by atoms with Crippen LogP contribution in [0, 0.1) is 6.92 Å². The van der Waals surface area contributed by atoms with Gasteiger partial charge in [-0.3, -0.25) is 4.79 Å². The molecule has 0 amide bonds. The van der Waals surface area contributed by atoms with Crippen LogP contribution in [0.25, 0.3) is 0 Å². The molecule has 0 aromatic carbocycles. The summed E-state index contributed by atoms with van der Waals surface area (Å²) < 4.78 is 5.05. The van der Waals surface area contributed by atoms with Crippen molar-refractivity contribution in [3.63, 3.8) is 0 Å². The predicted octanol–water partition coefficient (Wildman–Crippen LogP) is 2.32. The smallest absolute Gasteiger partial charge is 0.323 e. The molecule has 0 aliphatic carbocycles. The van der Waals surface area contributed by atoms with Gasteiger partial charge in [0.05, 0.1) is 17.3 Å². The minimum Gasteiger partial charge on any atom is -0.465 e. The van der Waals surface area contributed by atoms with E-state index in [1.165, 1.54) is 0 Å². The number of hydrogen-bond acceptors (Lipinski definition) is 5. The Morgan fingerprint density at radius 1 is 1.56 bits per heavy atom. The van der Waals surface area contributed by atoms with E-state index in [1.54, 1.807) is 11.3 Å². The van der Waals surface area contributed by atoms with Crippen molar-refractivity contribution >= 4 is 17.3 Å². The SMILES string of the molecule is CCCC(NCCc1csc(C)n1)C(=O)OCC. The summed E-state index contributed by atoms with van der Waals surface area (Å²) in [6.07, 6.45) is 2.63. The summed E-state index contributed by atoms with van der Waals surface area (Å²) in [6.45, 7) is 7.09. The zero-order chi connectivity index (χ0) is 13.4. The fourth-order valence-electron chi connectivity index (χ4n) is 1.73. The lowest BCUT2D eigenvalue weighted by Crippen LogP contribution is -2.39. The number of hydrogen-bond donors (Lipinski definition) is 1. The zero-order valence-electron chi connectivity index (χ0n) is 11.4. The lowest BCUT2D eigenvalue weighted by atomic mass is 10.1. The van der Waals surface area contributed by atoms with Crippen molar-refractivity contribution in [1.82, 2.24) is 10.3 Å². The second kappa shape index (κ2) is 8.21. The van der Waals surface area contributed by atoms with Gasteiger partial charge in [0.25, 0.3) is 0 Å². The summed E-state index contributed by atoms with van der Waals surface area (Å²) in [5.41, 5.74) is 1.09. The van der Waals surface area contributed by atoms with Crippen LogP contribution in [0.1, 0.15) is 37.4 Å². The van der Waals surface area contributed by atoms with Crippen LogP contribution in [0.3, 0.4) is 0 Å². The molecule has 0 saturated carbocycles. The Morgan fingerprint density at radius 2 is 2.33 bits per heavy atom. The van der Waals surface area contributed by atoms with Gasteiger partial charge in [-0.05, 0) is 20.3 Å². The van der Waals surface area contributed by atoms with Gasteiger partial charge in [0.2, 0.25) is 0 Å². The van der Waals surface area contributed by atoms with Gasteiger partial charge in [0.1, 0.15) is 6.04 Å².